The summed E-state index contributed by atoms with van der Waals surface area (Å²) in [6, 6.07) is 21.2. The summed E-state index contributed by atoms with van der Waals surface area (Å²) in [5.74, 6) is 0.0181. The van der Waals surface area contributed by atoms with Gasteiger partial charge < -0.3 is 26.2 Å². The van der Waals surface area contributed by atoms with Gasteiger partial charge in [-0.15, -0.1) is 0 Å². The zero-order valence-electron chi connectivity index (χ0n) is 19.5. The summed E-state index contributed by atoms with van der Waals surface area (Å²) in [5.41, 5.74) is 7.79. The molecule has 0 atom stereocenters. The topological polar surface area (TPSA) is 90.7 Å². The number of rotatable bonds is 3. The lowest BCUT2D eigenvalue weighted by molar-refractivity contribution is 0.0739. The molecule has 35 heavy (non-hydrogen) atoms. The van der Waals surface area contributed by atoms with Gasteiger partial charge in [-0.3, -0.25) is 4.79 Å². The maximum atomic E-state index is 13.2. The Labute approximate surface area is 210 Å². The monoisotopic (exact) mass is 487 g/mol. The second kappa shape index (κ2) is 9.54. The molecule has 4 N–H and O–H groups in total. The van der Waals surface area contributed by atoms with Crippen LogP contribution in [0, 0.1) is 5.41 Å². The number of nitrogens with zero attached hydrogens (tertiary/aromatic N) is 2. The maximum absolute atomic E-state index is 13.2. The molecular weight excluding hydrogens is 458 g/mol. The molecule has 0 saturated carbocycles. The standard InChI is InChI=1S/C27H29N5O2S/c28-25(35)29-21-8-3-7-20(17-21)24(33)32-16-13-27(18-32)11-14-31(15-12-27)26(34)30-23-10-4-6-19-5-1-2-9-22(19)23/h1-10,17H,11-16,18H2,(H,30,34)(H3,28,29,35). The van der Waals surface area contributed by atoms with Crippen LogP contribution in [0.15, 0.2) is 66.7 Å². The van der Waals surface area contributed by atoms with Crippen molar-refractivity contribution < 1.29 is 9.59 Å². The van der Waals surface area contributed by atoms with Gasteiger partial charge in [-0.05, 0) is 66.5 Å². The number of likely N-dealkylation sites (tertiary alicyclic amines) is 2. The Morgan fingerprint density at radius 1 is 0.857 bits per heavy atom. The highest BCUT2D eigenvalue weighted by Gasteiger charge is 2.43. The fourth-order valence-corrected chi connectivity index (χ4v) is 5.40. The van der Waals surface area contributed by atoms with Crippen molar-refractivity contribution in [3.05, 3.63) is 72.3 Å². The third-order valence-corrected chi connectivity index (χ3v) is 7.35. The van der Waals surface area contributed by atoms with Gasteiger partial charge in [0.2, 0.25) is 0 Å². The minimum Gasteiger partial charge on any atom is -0.376 e. The normalized spacial score (nSPS) is 16.9. The largest absolute Gasteiger partial charge is 0.376 e. The molecule has 3 aromatic carbocycles. The lowest BCUT2D eigenvalue weighted by atomic mass is 9.78. The molecule has 1 spiro atoms. The van der Waals surface area contributed by atoms with E-state index in [-0.39, 0.29) is 22.5 Å². The van der Waals surface area contributed by atoms with Crippen LogP contribution in [0.5, 0.6) is 0 Å². The van der Waals surface area contributed by atoms with Crippen molar-refractivity contribution in [2.45, 2.75) is 19.3 Å². The molecule has 2 aliphatic rings. The van der Waals surface area contributed by atoms with Crippen LogP contribution in [-0.2, 0) is 0 Å². The van der Waals surface area contributed by atoms with Gasteiger partial charge in [0, 0.05) is 42.8 Å². The highest BCUT2D eigenvalue weighted by molar-refractivity contribution is 7.80. The zero-order chi connectivity index (χ0) is 24.4. The average Bonchev–Trinajstić information content (AvgIpc) is 3.27. The third-order valence-electron chi connectivity index (χ3n) is 7.25. The first-order valence-electron chi connectivity index (χ1n) is 11.9. The molecule has 180 valence electrons. The first-order chi connectivity index (χ1) is 16.9. The van der Waals surface area contributed by atoms with Crippen LogP contribution in [-0.4, -0.2) is 53.0 Å². The Morgan fingerprint density at radius 3 is 2.31 bits per heavy atom. The lowest BCUT2D eigenvalue weighted by Gasteiger charge is -2.39. The van der Waals surface area contributed by atoms with Crippen LogP contribution in [0.4, 0.5) is 16.2 Å². The molecule has 0 radical (unpaired) electrons. The maximum Gasteiger partial charge on any atom is 0.321 e. The molecule has 2 fully saturated rings. The number of nitrogens with two attached hydrogens (primary N) is 1. The number of fused-ring (bicyclic) bond motifs is 1. The van der Waals surface area contributed by atoms with Crippen molar-refractivity contribution in [2.75, 3.05) is 36.8 Å². The number of hydrogen-bond donors (Lipinski definition) is 3. The SMILES string of the molecule is NC(=S)Nc1cccc(C(=O)N2CCC3(CCN(C(=O)Nc4cccc5ccccc45)CC3)C2)c1. The van der Waals surface area contributed by atoms with Crippen molar-refractivity contribution in [1.82, 2.24) is 9.80 Å². The number of carbonyl (C=O) groups excluding carboxylic acids is 2. The van der Waals surface area contributed by atoms with Gasteiger partial charge >= 0.3 is 6.03 Å². The first-order valence-corrected chi connectivity index (χ1v) is 12.3. The van der Waals surface area contributed by atoms with Crippen molar-refractivity contribution in [1.29, 1.82) is 0 Å². The Bertz CT molecular complexity index is 1280. The molecule has 0 aromatic heterocycles. The molecule has 3 aromatic rings. The minimum absolute atomic E-state index is 0.0181. The van der Waals surface area contributed by atoms with Crippen LogP contribution in [0.2, 0.25) is 0 Å². The number of amides is 3. The average molecular weight is 488 g/mol. The summed E-state index contributed by atoms with van der Waals surface area (Å²) < 4.78 is 0. The highest BCUT2D eigenvalue weighted by atomic mass is 32.1. The van der Waals surface area contributed by atoms with E-state index in [1.807, 2.05) is 70.5 Å². The van der Waals surface area contributed by atoms with E-state index in [0.717, 1.165) is 48.8 Å². The third kappa shape index (κ3) is 4.93. The van der Waals surface area contributed by atoms with Gasteiger partial charge in [0.1, 0.15) is 0 Å². The number of piperidine rings is 1. The summed E-state index contributed by atoms with van der Waals surface area (Å²) in [6.45, 7) is 2.82. The van der Waals surface area contributed by atoms with Crippen molar-refractivity contribution in [2.24, 2.45) is 11.1 Å². The number of thiocarbonyl (C=S) groups is 1. The van der Waals surface area contributed by atoms with E-state index in [9.17, 15) is 9.59 Å². The lowest BCUT2D eigenvalue weighted by Crippen LogP contribution is -2.46. The Kier molecular flexibility index (Phi) is 6.30. The highest BCUT2D eigenvalue weighted by Crippen LogP contribution is 2.41. The number of benzene rings is 3. The van der Waals surface area contributed by atoms with E-state index in [0.29, 0.717) is 24.3 Å². The van der Waals surface area contributed by atoms with Crippen LogP contribution >= 0.6 is 12.2 Å². The number of carbonyl (C=O) groups is 2. The van der Waals surface area contributed by atoms with Gasteiger partial charge in [-0.25, -0.2) is 4.79 Å². The minimum atomic E-state index is -0.0655. The number of nitrogens with one attached hydrogen (secondary N) is 2. The predicted molar refractivity (Wildman–Crippen MR) is 144 cm³/mol. The summed E-state index contributed by atoms with van der Waals surface area (Å²) in [5, 5.41) is 8.30. The van der Waals surface area contributed by atoms with Crippen molar-refractivity contribution >= 4 is 51.4 Å². The van der Waals surface area contributed by atoms with Crippen LogP contribution in [0.1, 0.15) is 29.6 Å². The molecule has 7 nitrogen and oxygen atoms in total. The Morgan fingerprint density at radius 2 is 1.54 bits per heavy atom. The van der Waals surface area contributed by atoms with Gasteiger partial charge in [0.05, 0.1) is 5.69 Å². The van der Waals surface area contributed by atoms with Crippen LogP contribution in [0.25, 0.3) is 10.8 Å². The quantitative estimate of drug-likeness (QED) is 0.468. The number of hydrogen-bond acceptors (Lipinski definition) is 3. The molecule has 3 amide bonds. The molecule has 2 saturated heterocycles. The van der Waals surface area contributed by atoms with E-state index in [1.54, 1.807) is 6.07 Å². The molecule has 8 heteroatoms. The molecule has 5 rings (SSSR count). The summed E-state index contributed by atoms with van der Waals surface area (Å²) >= 11 is 4.90. The van der Waals surface area contributed by atoms with E-state index in [1.165, 1.54) is 0 Å². The molecule has 0 bridgehead atoms. The summed E-state index contributed by atoms with van der Waals surface area (Å²) in [4.78, 5) is 30.0. The van der Waals surface area contributed by atoms with Gasteiger partial charge in [-0.1, -0.05) is 42.5 Å². The van der Waals surface area contributed by atoms with Gasteiger partial charge in [0.25, 0.3) is 5.91 Å². The predicted octanol–water partition coefficient (Wildman–Crippen LogP) is 4.66. The van der Waals surface area contributed by atoms with Crippen LogP contribution in [0.3, 0.4) is 0 Å². The molecule has 0 unspecified atom stereocenters. The number of urea groups is 1. The molecule has 2 aliphatic heterocycles. The van der Waals surface area contributed by atoms with Crippen LogP contribution < -0.4 is 16.4 Å². The van der Waals surface area contributed by atoms with E-state index >= 15 is 0 Å². The van der Waals surface area contributed by atoms with Crippen molar-refractivity contribution in [3.8, 4) is 0 Å². The molecule has 0 aliphatic carbocycles. The smallest absolute Gasteiger partial charge is 0.321 e. The first kappa shape index (κ1) is 23.1. The second-order valence-corrected chi connectivity index (χ2v) is 9.93. The molecule has 2 heterocycles. The zero-order valence-corrected chi connectivity index (χ0v) is 20.3. The van der Waals surface area contributed by atoms with E-state index in [4.69, 9.17) is 18.0 Å². The van der Waals surface area contributed by atoms with E-state index in [2.05, 4.69) is 10.6 Å². The van der Waals surface area contributed by atoms with Gasteiger partial charge in [-0.2, -0.15) is 0 Å². The number of anilines is 2. The second-order valence-electron chi connectivity index (χ2n) is 9.49. The Hall–Kier alpha value is -3.65. The van der Waals surface area contributed by atoms with Gasteiger partial charge in [0.15, 0.2) is 5.11 Å². The molecular formula is C27H29N5O2S. The Balaban J connectivity index is 1.19. The summed E-state index contributed by atoms with van der Waals surface area (Å²) in [7, 11) is 0. The van der Waals surface area contributed by atoms with Crippen molar-refractivity contribution in [3.63, 3.8) is 0 Å². The fourth-order valence-electron chi connectivity index (χ4n) is 5.28. The van der Waals surface area contributed by atoms with E-state index < -0.39 is 0 Å². The summed E-state index contributed by atoms with van der Waals surface area (Å²) in [6.07, 6.45) is 2.74. The fraction of sp³-hybridized carbons (Fsp3) is 0.296.